The number of aliphatic hydroxyl groups is 9. The van der Waals surface area contributed by atoms with E-state index in [4.69, 9.17) is 37.9 Å². The smallest absolute Gasteiger partial charge is 0.394 e. The van der Waals surface area contributed by atoms with E-state index in [1.54, 1.807) is 0 Å². The average Bonchev–Trinajstić information content (AvgIpc) is 3.63. The predicted octanol–water partition coefficient (Wildman–Crippen LogP) is 6.61. The second-order valence-electron chi connectivity index (χ2n) is 26.3. The van der Waals surface area contributed by atoms with Gasteiger partial charge in [-0.1, -0.05) is 185 Å². The second kappa shape index (κ2) is 40.7. The SMILES string of the molecule is CC(C)CCC[C@@H](C)CCC[C@@H](C)CCC[C@@H](C)CCOC[C@@H](CO[C@H]1O[C@H](CO)[C@@H](O)C(O)C1O[C@H]1O[C@H](CO[C@@H]2O[C@H](CO)[C@H](O)C(OS(=O)(=O)O)C2O)[C@@H](O)C(O)C1O)OCC[C@H](C)CCC[C@H](C)CCC[C@H](C)CCCC(C)C. The Bertz CT molecular complexity index is 1750. The fourth-order valence-corrected chi connectivity index (χ4v) is 12.0. The van der Waals surface area contributed by atoms with E-state index in [-0.39, 0.29) is 13.2 Å². The van der Waals surface area contributed by atoms with Crippen molar-refractivity contribution in [3.05, 3.63) is 0 Å². The highest BCUT2D eigenvalue weighted by molar-refractivity contribution is 7.80. The van der Waals surface area contributed by atoms with Crippen LogP contribution in [0, 0.1) is 47.3 Å². The van der Waals surface area contributed by atoms with E-state index < -0.39 is 128 Å². The number of aliphatic hydroxyl groups excluding tert-OH is 9. The van der Waals surface area contributed by atoms with Crippen LogP contribution in [0.4, 0.5) is 0 Å². The van der Waals surface area contributed by atoms with Crippen molar-refractivity contribution in [2.45, 2.75) is 296 Å². The molecule has 3 heterocycles. The number of hydrogen-bond donors (Lipinski definition) is 10. The summed E-state index contributed by atoms with van der Waals surface area (Å²) in [7, 11) is -5.23. The minimum atomic E-state index is -5.23. The lowest BCUT2D eigenvalue weighted by Crippen LogP contribution is -2.65. The lowest BCUT2D eigenvalue weighted by Gasteiger charge is -2.46. The van der Waals surface area contributed by atoms with E-state index in [0.29, 0.717) is 36.9 Å². The van der Waals surface area contributed by atoms with Crippen molar-refractivity contribution in [3.63, 3.8) is 0 Å². The zero-order valence-corrected chi connectivity index (χ0v) is 53.1. The molecule has 6 unspecified atom stereocenters. The van der Waals surface area contributed by atoms with Crippen molar-refractivity contribution in [1.29, 1.82) is 0 Å². The van der Waals surface area contributed by atoms with Gasteiger partial charge >= 0.3 is 10.4 Å². The average molecular weight is 1220 g/mol. The third kappa shape index (κ3) is 29.6. The molecule has 0 aliphatic carbocycles. The molecule has 83 heavy (non-hydrogen) atoms. The Kier molecular flexibility index (Phi) is 37.5. The molecule has 22 atom stereocenters. The van der Waals surface area contributed by atoms with E-state index in [9.17, 15) is 58.9 Å². The first-order chi connectivity index (χ1) is 39.2. The van der Waals surface area contributed by atoms with Crippen molar-refractivity contribution in [1.82, 2.24) is 0 Å². The molecular weight excluding hydrogens is 1100 g/mol. The minimum absolute atomic E-state index is 0.153. The van der Waals surface area contributed by atoms with Gasteiger partial charge in [0.15, 0.2) is 18.9 Å². The maximum Gasteiger partial charge on any atom is 0.397 e. The van der Waals surface area contributed by atoms with Gasteiger partial charge in [0.05, 0.1) is 33.0 Å². The second-order valence-corrected chi connectivity index (χ2v) is 27.4. The van der Waals surface area contributed by atoms with Gasteiger partial charge in [-0.2, -0.15) is 8.42 Å². The molecular formula is C61H118O21S. The molecule has 0 spiro atoms. The molecule has 0 bridgehead atoms. The summed E-state index contributed by atoms with van der Waals surface area (Å²) < 4.78 is 84.3. The quantitative estimate of drug-likeness (QED) is 0.0226. The molecule has 0 aromatic heterocycles. The zero-order chi connectivity index (χ0) is 61.8. The molecule has 0 aromatic rings. The summed E-state index contributed by atoms with van der Waals surface area (Å²) in [6.07, 6.45) is -3.64. The largest absolute Gasteiger partial charge is 0.397 e. The summed E-state index contributed by atoms with van der Waals surface area (Å²) >= 11 is 0. The van der Waals surface area contributed by atoms with Gasteiger partial charge in [-0.15, -0.1) is 0 Å². The molecule has 21 nitrogen and oxygen atoms in total. The molecule has 0 amide bonds. The van der Waals surface area contributed by atoms with Crippen LogP contribution in [0.25, 0.3) is 0 Å². The zero-order valence-electron chi connectivity index (χ0n) is 52.3. The van der Waals surface area contributed by atoms with Crippen molar-refractivity contribution in [3.8, 4) is 0 Å². The van der Waals surface area contributed by atoms with Gasteiger partial charge < -0.3 is 83.9 Å². The summed E-state index contributed by atoms with van der Waals surface area (Å²) in [6.45, 7) is 21.6. The Morgan fingerprint density at radius 3 is 1.28 bits per heavy atom. The van der Waals surface area contributed by atoms with Crippen LogP contribution >= 0.6 is 0 Å². The fourth-order valence-electron chi connectivity index (χ4n) is 11.4. The first-order valence-electron chi connectivity index (χ1n) is 31.9. The van der Waals surface area contributed by atoms with Gasteiger partial charge in [0.25, 0.3) is 0 Å². The third-order valence-electron chi connectivity index (χ3n) is 17.3. The Morgan fingerprint density at radius 1 is 0.410 bits per heavy atom. The third-order valence-corrected chi connectivity index (χ3v) is 17.7. The van der Waals surface area contributed by atoms with E-state index >= 15 is 0 Å². The summed E-state index contributed by atoms with van der Waals surface area (Å²) in [5.74, 6) is 5.29. The van der Waals surface area contributed by atoms with E-state index in [1.165, 1.54) is 89.9 Å². The van der Waals surface area contributed by atoms with Crippen molar-refractivity contribution >= 4 is 10.4 Å². The number of ether oxygens (including phenoxy) is 8. The Hall–Kier alpha value is -0.810. The van der Waals surface area contributed by atoms with Gasteiger partial charge in [0, 0.05) is 13.2 Å². The van der Waals surface area contributed by atoms with Crippen LogP contribution in [0.1, 0.15) is 198 Å². The molecule has 3 aliphatic rings. The first-order valence-corrected chi connectivity index (χ1v) is 33.3. The molecule has 3 saturated heterocycles. The minimum Gasteiger partial charge on any atom is -0.394 e. The van der Waals surface area contributed by atoms with Crippen LogP contribution in [-0.2, 0) is 52.5 Å². The molecule has 10 N–H and O–H groups in total. The summed E-state index contributed by atoms with van der Waals surface area (Å²) in [4.78, 5) is 0. The monoisotopic (exact) mass is 1220 g/mol. The van der Waals surface area contributed by atoms with E-state index in [1.807, 2.05) is 0 Å². The van der Waals surface area contributed by atoms with Crippen molar-refractivity contribution < 1.29 is 101 Å². The Morgan fingerprint density at radius 2 is 0.819 bits per heavy atom. The highest BCUT2D eigenvalue weighted by Gasteiger charge is 2.53. The molecule has 3 aliphatic heterocycles. The molecule has 3 fully saturated rings. The Balaban J connectivity index is 1.64. The van der Waals surface area contributed by atoms with Crippen LogP contribution in [0.5, 0.6) is 0 Å². The topological polar surface area (TPSA) is 320 Å². The summed E-state index contributed by atoms with van der Waals surface area (Å²) in [5.41, 5.74) is 0. The Labute approximate surface area is 499 Å². The van der Waals surface area contributed by atoms with Crippen molar-refractivity contribution in [2.75, 3.05) is 46.2 Å². The number of hydrogen-bond acceptors (Lipinski definition) is 20. The molecule has 0 aromatic carbocycles. The van der Waals surface area contributed by atoms with Crippen LogP contribution < -0.4 is 0 Å². The van der Waals surface area contributed by atoms with Crippen LogP contribution in [0.2, 0.25) is 0 Å². The van der Waals surface area contributed by atoms with Crippen molar-refractivity contribution in [2.24, 2.45) is 47.3 Å². The highest BCUT2D eigenvalue weighted by atomic mass is 32.3. The normalized spacial score (nSPS) is 31.7. The molecule has 0 saturated carbocycles. The summed E-state index contributed by atoms with van der Waals surface area (Å²) in [5, 5.41) is 96.6. The lowest BCUT2D eigenvalue weighted by atomic mass is 9.91. The van der Waals surface area contributed by atoms with Gasteiger partial charge in [-0.3, -0.25) is 4.55 Å². The van der Waals surface area contributed by atoms with E-state index in [0.717, 1.165) is 62.2 Å². The van der Waals surface area contributed by atoms with Gasteiger partial charge in [-0.25, -0.2) is 4.18 Å². The van der Waals surface area contributed by atoms with Gasteiger partial charge in [-0.05, 0) is 60.2 Å². The number of rotatable bonds is 45. The van der Waals surface area contributed by atoms with Crippen LogP contribution in [0.3, 0.4) is 0 Å². The fraction of sp³-hybridized carbons (Fsp3) is 1.00. The van der Waals surface area contributed by atoms with Gasteiger partial charge in [0.1, 0.15) is 79.4 Å². The predicted molar refractivity (Wildman–Crippen MR) is 313 cm³/mol. The van der Waals surface area contributed by atoms with Gasteiger partial charge in [0.2, 0.25) is 0 Å². The van der Waals surface area contributed by atoms with E-state index in [2.05, 4.69) is 73.4 Å². The van der Waals surface area contributed by atoms with Crippen LogP contribution in [0.15, 0.2) is 0 Å². The molecule has 494 valence electrons. The maximum absolute atomic E-state index is 11.5. The standard InChI is InChI=1S/C61H118O21S/c1-38(2)17-11-19-40(5)21-13-23-42(7)25-15-27-44(9)29-31-74-35-46(75-32-30-45(10)28-16-26-43(8)24-14-22-41(6)20-12-18-39(3)4)36-76-61-58(54(68)50(64)47(33-62)79-61)81-60-55(69)53(67)51(65)49(80-60)37-77-59-56(70)57(82-83(71,72)73)52(66)48(34-63)78-59/h38-70H,11-37H2,1-10H3,(H,71,72,73)/t40-,41-,42-,43-,44-,45-,46+,47-,48-,49-,50-,51-,52+,53?,54?,55?,56?,57?,58?,59-,60-,61+/m1/s1. The molecule has 3 rings (SSSR count). The molecule has 22 heteroatoms. The van der Waals surface area contributed by atoms with Crippen LogP contribution in [-0.4, -0.2) is 203 Å². The maximum atomic E-state index is 11.5. The lowest BCUT2D eigenvalue weighted by molar-refractivity contribution is -0.373. The molecule has 0 radical (unpaired) electrons. The summed E-state index contributed by atoms with van der Waals surface area (Å²) in [6, 6.07) is 0. The first kappa shape index (κ1) is 76.4. The highest BCUT2D eigenvalue weighted by Crippen LogP contribution is 2.33.